The van der Waals surface area contributed by atoms with E-state index in [1.54, 1.807) is 30.3 Å². The van der Waals surface area contributed by atoms with Crippen LogP contribution in [0.25, 0.3) is 0 Å². The molecule has 0 aliphatic rings. The molecule has 0 aliphatic carbocycles. The van der Waals surface area contributed by atoms with Gasteiger partial charge >= 0.3 is 0 Å². The summed E-state index contributed by atoms with van der Waals surface area (Å²) in [5.41, 5.74) is 5.60. The molecule has 0 saturated heterocycles. The minimum absolute atomic E-state index is 0. The molecule has 0 aliphatic heterocycles. The standard InChI is InChI=1S/C8H7Cl2NO.ClH/c9-8(10,11)7(12)6-4-2-1-3-5-6;/h1-5H,11H2;1H. The van der Waals surface area contributed by atoms with Crippen LogP contribution < -0.4 is 5.73 Å². The topological polar surface area (TPSA) is 43.1 Å². The second-order valence-electron chi connectivity index (χ2n) is 2.32. The van der Waals surface area contributed by atoms with Gasteiger partial charge < -0.3 is 0 Å². The van der Waals surface area contributed by atoms with Crippen molar-refractivity contribution in [2.75, 3.05) is 0 Å². The number of benzene rings is 1. The molecule has 0 bridgehead atoms. The van der Waals surface area contributed by atoms with E-state index in [4.69, 9.17) is 28.9 Å². The van der Waals surface area contributed by atoms with Gasteiger partial charge in [0.25, 0.3) is 0 Å². The molecule has 72 valence electrons. The van der Waals surface area contributed by atoms with Gasteiger partial charge in [-0.05, 0) is 0 Å². The summed E-state index contributed by atoms with van der Waals surface area (Å²) < 4.78 is -1.83. The molecule has 1 aromatic rings. The number of nitrogens with two attached hydrogens (primary N) is 1. The van der Waals surface area contributed by atoms with Crippen LogP contribution in [0, 0.1) is 0 Å². The number of carbonyl (C=O) groups is 1. The first-order chi connectivity index (χ1) is 5.52. The molecule has 0 heterocycles. The van der Waals surface area contributed by atoms with E-state index in [1.165, 1.54) is 0 Å². The smallest absolute Gasteiger partial charge is 0.229 e. The fraction of sp³-hybridized carbons (Fsp3) is 0.125. The molecular weight excluding hydrogens is 232 g/mol. The summed E-state index contributed by atoms with van der Waals surface area (Å²) in [5.74, 6) is -0.494. The van der Waals surface area contributed by atoms with Crippen LogP contribution in [-0.2, 0) is 0 Å². The summed E-state index contributed by atoms with van der Waals surface area (Å²) in [6, 6.07) is 8.43. The van der Waals surface area contributed by atoms with Gasteiger partial charge in [-0.25, -0.2) is 0 Å². The van der Waals surface area contributed by atoms with Crippen molar-refractivity contribution in [1.29, 1.82) is 0 Å². The van der Waals surface area contributed by atoms with Gasteiger partial charge in [-0.3, -0.25) is 10.5 Å². The fourth-order valence-corrected chi connectivity index (χ4v) is 1.00. The molecule has 0 saturated carbocycles. The number of hydrogen-bond donors (Lipinski definition) is 1. The molecule has 2 N–H and O–H groups in total. The van der Waals surface area contributed by atoms with E-state index in [2.05, 4.69) is 0 Å². The number of rotatable bonds is 2. The van der Waals surface area contributed by atoms with E-state index >= 15 is 0 Å². The molecule has 5 heteroatoms. The highest BCUT2D eigenvalue weighted by atomic mass is 35.5. The first-order valence-electron chi connectivity index (χ1n) is 3.28. The lowest BCUT2D eigenvalue weighted by atomic mass is 10.1. The van der Waals surface area contributed by atoms with E-state index in [0.29, 0.717) is 5.56 Å². The van der Waals surface area contributed by atoms with Gasteiger partial charge in [0.2, 0.25) is 10.2 Å². The maximum absolute atomic E-state index is 11.3. The van der Waals surface area contributed by atoms with Crippen molar-refractivity contribution in [2.24, 2.45) is 5.73 Å². The van der Waals surface area contributed by atoms with Crippen molar-refractivity contribution in [2.45, 2.75) is 4.46 Å². The predicted molar refractivity (Wildman–Crippen MR) is 56.6 cm³/mol. The Morgan fingerprint density at radius 1 is 1.23 bits per heavy atom. The third kappa shape index (κ3) is 3.53. The third-order valence-electron chi connectivity index (χ3n) is 1.34. The molecule has 13 heavy (non-hydrogen) atoms. The van der Waals surface area contributed by atoms with Gasteiger partial charge in [-0.1, -0.05) is 53.5 Å². The Bertz CT molecular complexity index is 281. The number of halogens is 3. The van der Waals surface area contributed by atoms with Crippen molar-refractivity contribution in [3.8, 4) is 0 Å². The van der Waals surface area contributed by atoms with Gasteiger partial charge in [-0.2, -0.15) is 0 Å². The second kappa shape index (κ2) is 4.82. The molecule has 0 amide bonds. The number of hydrogen-bond acceptors (Lipinski definition) is 2. The van der Waals surface area contributed by atoms with E-state index in [1.807, 2.05) is 0 Å². The van der Waals surface area contributed by atoms with Gasteiger partial charge in [0.05, 0.1) is 0 Å². The van der Waals surface area contributed by atoms with Gasteiger partial charge in [0, 0.05) is 5.56 Å². The fourth-order valence-electron chi connectivity index (χ4n) is 0.782. The first-order valence-corrected chi connectivity index (χ1v) is 4.04. The Morgan fingerprint density at radius 2 is 1.69 bits per heavy atom. The van der Waals surface area contributed by atoms with Crippen LogP contribution in [0.5, 0.6) is 0 Å². The summed E-state index contributed by atoms with van der Waals surface area (Å²) in [5, 5.41) is 0. The number of Topliss-reactive ketones (excluding diaryl/α,β-unsaturated/α-hetero) is 1. The van der Waals surface area contributed by atoms with Gasteiger partial charge in [0.1, 0.15) is 0 Å². The van der Waals surface area contributed by atoms with Crippen LogP contribution in [0.15, 0.2) is 30.3 Å². The second-order valence-corrected chi connectivity index (χ2v) is 3.70. The molecule has 0 aromatic heterocycles. The maximum Gasteiger partial charge on any atom is 0.229 e. The zero-order valence-electron chi connectivity index (χ0n) is 6.54. The molecule has 0 atom stereocenters. The molecule has 2 nitrogen and oxygen atoms in total. The Morgan fingerprint density at radius 3 is 2.08 bits per heavy atom. The molecule has 1 aromatic carbocycles. The van der Waals surface area contributed by atoms with Crippen LogP contribution in [0.4, 0.5) is 0 Å². The number of ketones is 1. The van der Waals surface area contributed by atoms with Crippen LogP contribution in [0.1, 0.15) is 10.4 Å². The van der Waals surface area contributed by atoms with Crippen LogP contribution >= 0.6 is 35.6 Å². The SMILES string of the molecule is Cl.NC(Cl)(Cl)C(=O)c1ccccc1. The zero-order valence-corrected chi connectivity index (χ0v) is 8.86. The lowest BCUT2D eigenvalue weighted by Crippen LogP contribution is -2.35. The molecule has 0 radical (unpaired) electrons. The largest absolute Gasteiger partial charge is 0.293 e. The predicted octanol–water partition coefficient (Wildman–Crippen LogP) is 2.38. The maximum atomic E-state index is 11.3. The molecular formula is C8H8Cl3NO. The summed E-state index contributed by atoms with van der Waals surface area (Å²) in [4.78, 5) is 11.3. The lowest BCUT2D eigenvalue weighted by Gasteiger charge is -2.10. The zero-order chi connectivity index (χ0) is 9.19. The minimum Gasteiger partial charge on any atom is -0.293 e. The summed E-state index contributed by atoms with van der Waals surface area (Å²) in [6.07, 6.45) is 0. The van der Waals surface area contributed by atoms with Gasteiger partial charge in [-0.15, -0.1) is 12.4 Å². The Balaban J connectivity index is 0.00000144. The number of alkyl halides is 2. The monoisotopic (exact) mass is 239 g/mol. The highest BCUT2D eigenvalue weighted by Crippen LogP contribution is 2.19. The van der Waals surface area contributed by atoms with E-state index in [0.717, 1.165) is 0 Å². The summed E-state index contributed by atoms with van der Waals surface area (Å²) >= 11 is 10.8. The van der Waals surface area contributed by atoms with Crippen LogP contribution in [0.2, 0.25) is 0 Å². The van der Waals surface area contributed by atoms with Crippen molar-refractivity contribution in [3.63, 3.8) is 0 Å². The highest BCUT2D eigenvalue weighted by molar-refractivity contribution is 6.59. The third-order valence-corrected chi connectivity index (χ3v) is 1.68. The molecule has 0 spiro atoms. The quantitative estimate of drug-likeness (QED) is 0.490. The molecule has 1 rings (SSSR count). The van der Waals surface area contributed by atoms with E-state index < -0.39 is 10.2 Å². The minimum atomic E-state index is -1.83. The van der Waals surface area contributed by atoms with Crippen molar-refractivity contribution < 1.29 is 4.79 Å². The summed E-state index contributed by atoms with van der Waals surface area (Å²) in [7, 11) is 0. The van der Waals surface area contributed by atoms with Crippen molar-refractivity contribution in [3.05, 3.63) is 35.9 Å². The van der Waals surface area contributed by atoms with Crippen molar-refractivity contribution >= 4 is 41.4 Å². The normalized spacial score (nSPS) is 10.4. The molecule has 0 unspecified atom stereocenters. The first kappa shape index (κ1) is 12.7. The Hall–Kier alpha value is -0.280. The number of carbonyl (C=O) groups excluding carboxylic acids is 1. The summed E-state index contributed by atoms with van der Waals surface area (Å²) in [6.45, 7) is 0. The average Bonchev–Trinajstić information content (AvgIpc) is 2.03. The Kier molecular flexibility index (Phi) is 4.71. The molecule has 0 fully saturated rings. The van der Waals surface area contributed by atoms with Crippen LogP contribution in [0.3, 0.4) is 0 Å². The van der Waals surface area contributed by atoms with E-state index in [-0.39, 0.29) is 12.4 Å². The van der Waals surface area contributed by atoms with Crippen LogP contribution in [-0.4, -0.2) is 10.2 Å². The van der Waals surface area contributed by atoms with Gasteiger partial charge in [0.15, 0.2) is 0 Å². The average molecular weight is 241 g/mol. The lowest BCUT2D eigenvalue weighted by molar-refractivity contribution is 0.0974. The van der Waals surface area contributed by atoms with Crippen molar-refractivity contribution in [1.82, 2.24) is 0 Å². The Labute approximate surface area is 92.4 Å². The highest BCUT2D eigenvalue weighted by Gasteiger charge is 2.28. The van der Waals surface area contributed by atoms with E-state index in [9.17, 15) is 4.79 Å².